The SMILES string of the molecule is O=C(NCCO)Nc1ccc(OCc2ccccc2F)cc1. The molecule has 2 amide bonds. The van der Waals surface area contributed by atoms with Crippen LogP contribution in [0.2, 0.25) is 0 Å². The third-order valence-corrected chi connectivity index (χ3v) is 2.86. The van der Waals surface area contributed by atoms with Crippen LogP contribution in [-0.2, 0) is 6.61 Å². The third kappa shape index (κ3) is 4.75. The van der Waals surface area contributed by atoms with Crippen LogP contribution in [0, 0.1) is 5.82 Å². The molecular formula is C16H17FN2O3. The lowest BCUT2D eigenvalue weighted by atomic mass is 10.2. The van der Waals surface area contributed by atoms with Crippen molar-refractivity contribution < 1.29 is 19.0 Å². The number of nitrogens with one attached hydrogen (secondary N) is 2. The van der Waals surface area contributed by atoms with Gasteiger partial charge in [0.05, 0.1) is 6.61 Å². The van der Waals surface area contributed by atoms with E-state index in [4.69, 9.17) is 9.84 Å². The first-order chi connectivity index (χ1) is 10.7. The third-order valence-electron chi connectivity index (χ3n) is 2.86. The Morgan fingerprint density at radius 2 is 1.86 bits per heavy atom. The monoisotopic (exact) mass is 304 g/mol. The Labute approximate surface area is 127 Å². The molecule has 0 saturated carbocycles. The Balaban J connectivity index is 1.87. The fraction of sp³-hybridized carbons (Fsp3) is 0.188. The lowest BCUT2D eigenvalue weighted by Gasteiger charge is -2.09. The molecule has 3 N–H and O–H groups in total. The van der Waals surface area contributed by atoms with Crippen LogP contribution in [0.4, 0.5) is 14.9 Å². The van der Waals surface area contributed by atoms with Gasteiger partial charge in [-0.3, -0.25) is 0 Å². The topological polar surface area (TPSA) is 70.6 Å². The lowest BCUT2D eigenvalue weighted by Crippen LogP contribution is -2.30. The van der Waals surface area contributed by atoms with E-state index in [2.05, 4.69) is 10.6 Å². The number of carbonyl (C=O) groups excluding carboxylic acids is 1. The number of carbonyl (C=O) groups is 1. The molecule has 0 spiro atoms. The van der Waals surface area contributed by atoms with E-state index in [-0.39, 0.29) is 25.6 Å². The summed E-state index contributed by atoms with van der Waals surface area (Å²) < 4.78 is 18.9. The van der Waals surface area contributed by atoms with Crippen molar-refractivity contribution in [3.63, 3.8) is 0 Å². The van der Waals surface area contributed by atoms with E-state index in [0.29, 0.717) is 17.0 Å². The second kappa shape index (κ2) is 7.99. The predicted molar refractivity (Wildman–Crippen MR) is 81.3 cm³/mol. The second-order valence-corrected chi connectivity index (χ2v) is 4.51. The van der Waals surface area contributed by atoms with Gasteiger partial charge >= 0.3 is 6.03 Å². The first kappa shape index (κ1) is 15.8. The first-order valence-corrected chi connectivity index (χ1v) is 6.81. The van der Waals surface area contributed by atoms with Crippen LogP contribution in [0.3, 0.4) is 0 Å². The Morgan fingerprint density at radius 1 is 1.14 bits per heavy atom. The lowest BCUT2D eigenvalue weighted by molar-refractivity contribution is 0.245. The smallest absolute Gasteiger partial charge is 0.319 e. The second-order valence-electron chi connectivity index (χ2n) is 4.51. The van der Waals surface area contributed by atoms with Crippen LogP contribution >= 0.6 is 0 Å². The van der Waals surface area contributed by atoms with Gasteiger partial charge in [0, 0.05) is 17.8 Å². The molecule has 0 aromatic heterocycles. The zero-order chi connectivity index (χ0) is 15.8. The Kier molecular flexibility index (Phi) is 5.73. The summed E-state index contributed by atoms with van der Waals surface area (Å²) in [4.78, 5) is 11.4. The maximum Gasteiger partial charge on any atom is 0.319 e. The highest BCUT2D eigenvalue weighted by Crippen LogP contribution is 2.17. The molecular weight excluding hydrogens is 287 g/mol. The van der Waals surface area contributed by atoms with Crippen molar-refractivity contribution in [2.24, 2.45) is 0 Å². The number of ether oxygens (including phenoxy) is 1. The van der Waals surface area contributed by atoms with Gasteiger partial charge in [-0.2, -0.15) is 0 Å². The fourth-order valence-corrected chi connectivity index (χ4v) is 1.76. The van der Waals surface area contributed by atoms with Crippen LogP contribution in [-0.4, -0.2) is 24.3 Å². The Morgan fingerprint density at radius 3 is 2.55 bits per heavy atom. The molecule has 0 saturated heterocycles. The summed E-state index contributed by atoms with van der Waals surface area (Å²) in [5, 5.41) is 13.7. The maximum absolute atomic E-state index is 13.4. The standard InChI is InChI=1S/C16H17FN2O3/c17-15-4-2-1-3-12(15)11-22-14-7-5-13(6-8-14)19-16(21)18-9-10-20/h1-8,20H,9-11H2,(H2,18,19,21). The van der Waals surface area contributed by atoms with E-state index in [0.717, 1.165) is 0 Å². The number of hydrogen-bond donors (Lipinski definition) is 3. The molecule has 0 atom stereocenters. The number of urea groups is 1. The van der Waals surface area contributed by atoms with E-state index < -0.39 is 6.03 Å². The van der Waals surface area contributed by atoms with Crippen molar-refractivity contribution in [3.8, 4) is 5.75 Å². The van der Waals surface area contributed by atoms with Gasteiger partial charge < -0.3 is 20.5 Å². The van der Waals surface area contributed by atoms with Gasteiger partial charge in [-0.1, -0.05) is 18.2 Å². The van der Waals surface area contributed by atoms with Gasteiger partial charge in [0.2, 0.25) is 0 Å². The van der Waals surface area contributed by atoms with Crippen LogP contribution < -0.4 is 15.4 Å². The number of benzene rings is 2. The van der Waals surface area contributed by atoms with Crippen LogP contribution in [0.15, 0.2) is 48.5 Å². The molecule has 6 heteroatoms. The molecule has 2 rings (SSSR count). The number of rotatable bonds is 6. The zero-order valence-corrected chi connectivity index (χ0v) is 11.9. The highest BCUT2D eigenvalue weighted by molar-refractivity contribution is 5.89. The molecule has 0 heterocycles. The average Bonchev–Trinajstić information content (AvgIpc) is 2.53. The Hall–Kier alpha value is -2.60. The summed E-state index contributed by atoms with van der Waals surface area (Å²) in [5.41, 5.74) is 1.07. The highest BCUT2D eigenvalue weighted by atomic mass is 19.1. The molecule has 2 aromatic carbocycles. The minimum Gasteiger partial charge on any atom is -0.489 e. The van der Waals surface area contributed by atoms with E-state index in [9.17, 15) is 9.18 Å². The predicted octanol–water partition coefficient (Wildman–Crippen LogP) is 2.52. The summed E-state index contributed by atoms with van der Waals surface area (Å²) in [6.45, 7) is 0.211. The van der Waals surface area contributed by atoms with Crippen molar-refractivity contribution in [2.75, 3.05) is 18.5 Å². The first-order valence-electron chi connectivity index (χ1n) is 6.81. The van der Waals surface area contributed by atoms with E-state index in [1.54, 1.807) is 42.5 Å². The van der Waals surface area contributed by atoms with Crippen molar-refractivity contribution in [2.45, 2.75) is 6.61 Å². The fourth-order valence-electron chi connectivity index (χ4n) is 1.76. The molecule has 0 aliphatic heterocycles. The van der Waals surface area contributed by atoms with Crippen LogP contribution in [0.5, 0.6) is 5.75 Å². The number of hydrogen-bond acceptors (Lipinski definition) is 3. The van der Waals surface area contributed by atoms with Crippen molar-refractivity contribution in [1.29, 1.82) is 0 Å². The molecule has 0 aliphatic carbocycles. The molecule has 0 radical (unpaired) electrons. The van der Waals surface area contributed by atoms with Gasteiger partial charge in [-0.25, -0.2) is 9.18 Å². The summed E-state index contributed by atoms with van der Waals surface area (Å²) in [6.07, 6.45) is 0. The van der Waals surface area contributed by atoms with Crippen LogP contribution in [0.1, 0.15) is 5.56 Å². The van der Waals surface area contributed by atoms with Gasteiger partial charge in [0.25, 0.3) is 0 Å². The summed E-state index contributed by atoms with van der Waals surface area (Å²) in [5.74, 6) is 0.269. The number of amides is 2. The highest BCUT2D eigenvalue weighted by Gasteiger charge is 2.03. The molecule has 0 bridgehead atoms. The number of halogens is 1. The minimum atomic E-state index is -0.394. The Bertz CT molecular complexity index is 617. The molecule has 2 aromatic rings. The zero-order valence-electron chi connectivity index (χ0n) is 11.9. The normalized spacial score (nSPS) is 10.1. The summed E-state index contributed by atoms with van der Waals surface area (Å²) in [7, 11) is 0. The van der Waals surface area contributed by atoms with Gasteiger partial charge in [-0.05, 0) is 30.3 Å². The van der Waals surface area contributed by atoms with Crippen molar-refractivity contribution in [3.05, 3.63) is 59.9 Å². The molecule has 0 aliphatic rings. The molecule has 0 fully saturated rings. The van der Waals surface area contributed by atoms with E-state index in [1.807, 2.05) is 0 Å². The average molecular weight is 304 g/mol. The number of anilines is 1. The largest absolute Gasteiger partial charge is 0.489 e. The summed E-state index contributed by atoms with van der Waals surface area (Å²) in [6, 6.07) is 12.7. The van der Waals surface area contributed by atoms with Gasteiger partial charge in [0.15, 0.2) is 0 Å². The quantitative estimate of drug-likeness (QED) is 0.768. The minimum absolute atomic E-state index is 0.115. The van der Waals surface area contributed by atoms with E-state index >= 15 is 0 Å². The number of aliphatic hydroxyl groups excluding tert-OH is 1. The molecule has 116 valence electrons. The van der Waals surface area contributed by atoms with Crippen molar-refractivity contribution >= 4 is 11.7 Å². The van der Waals surface area contributed by atoms with Crippen molar-refractivity contribution in [1.82, 2.24) is 5.32 Å². The van der Waals surface area contributed by atoms with E-state index in [1.165, 1.54) is 6.07 Å². The van der Waals surface area contributed by atoms with Gasteiger partial charge in [-0.15, -0.1) is 0 Å². The molecule has 0 unspecified atom stereocenters. The molecule has 22 heavy (non-hydrogen) atoms. The van der Waals surface area contributed by atoms with Crippen LogP contribution in [0.25, 0.3) is 0 Å². The maximum atomic E-state index is 13.4. The molecule has 5 nitrogen and oxygen atoms in total. The van der Waals surface area contributed by atoms with Gasteiger partial charge in [0.1, 0.15) is 18.2 Å². The number of aliphatic hydroxyl groups is 1. The summed E-state index contributed by atoms with van der Waals surface area (Å²) >= 11 is 0.